The zero-order chi connectivity index (χ0) is 61.3. The van der Waals surface area contributed by atoms with Crippen molar-refractivity contribution in [2.45, 2.75) is 318 Å². The first-order valence-corrected chi connectivity index (χ1v) is 37.7. The lowest BCUT2D eigenvalue weighted by Crippen LogP contribution is -2.73. The Balaban J connectivity index is 0.998. The summed E-state index contributed by atoms with van der Waals surface area (Å²) in [5.74, 6) is 0.615. The molecular formula is C76H122O12. The number of rotatable bonds is 29. The molecule has 0 bridgehead atoms. The minimum atomic E-state index is -1.51. The SMILES string of the molecule is C=CC(=O)OCCCCCCOC1CCC(C(=O)OC(C(OC(=O)C2CCC(OCCCCCCOC(=O)C=C)CC2)C(O)(C2CCCC3CCCCC32)C2CCCC3CCCCC32)C(O)(C2CCCC3CCCCC32)C2CCCC3CCCCC32)CC1. The molecule has 0 saturated heterocycles. The van der Waals surface area contributed by atoms with Gasteiger partial charge in [0, 0.05) is 25.4 Å². The van der Waals surface area contributed by atoms with Gasteiger partial charge in [-0.1, -0.05) is 154 Å². The van der Waals surface area contributed by atoms with Crippen molar-refractivity contribution in [2.75, 3.05) is 26.4 Å². The summed E-state index contributed by atoms with van der Waals surface area (Å²) in [6.07, 6.45) is 43.9. The maximum Gasteiger partial charge on any atom is 0.330 e. The molecule has 12 nitrogen and oxygen atoms in total. The molecule has 10 fully saturated rings. The molecule has 0 aromatic carbocycles. The van der Waals surface area contributed by atoms with Crippen molar-refractivity contribution in [2.24, 2.45) is 82.9 Å². The quantitative estimate of drug-likeness (QED) is 0.0316. The molecule has 0 aromatic heterocycles. The van der Waals surface area contributed by atoms with E-state index in [-0.39, 0.29) is 95.3 Å². The number of aliphatic hydroxyl groups is 2. The van der Waals surface area contributed by atoms with Crippen molar-refractivity contribution in [1.82, 2.24) is 0 Å². The molecule has 498 valence electrons. The second-order valence-corrected chi connectivity index (χ2v) is 30.7. The zero-order valence-corrected chi connectivity index (χ0v) is 54.9. The van der Waals surface area contributed by atoms with E-state index in [9.17, 15) is 9.59 Å². The van der Waals surface area contributed by atoms with Crippen LogP contribution >= 0.6 is 0 Å². The van der Waals surface area contributed by atoms with Crippen LogP contribution in [0.4, 0.5) is 0 Å². The molecule has 10 saturated carbocycles. The molecule has 10 aliphatic carbocycles. The van der Waals surface area contributed by atoms with Crippen LogP contribution in [-0.2, 0) is 47.6 Å². The van der Waals surface area contributed by atoms with Gasteiger partial charge in [-0.15, -0.1) is 0 Å². The number of ether oxygens (including phenoxy) is 6. The van der Waals surface area contributed by atoms with Gasteiger partial charge in [0.05, 0.1) is 37.3 Å². The molecule has 88 heavy (non-hydrogen) atoms. The van der Waals surface area contributed by atoms with Gasteiger partial charge in [0.1, 0.15) is 11.2 Å². The third-order valence-corrected chi connectivity index (χ3v) is 26.0. The van der Waals surface area contributed by atoms with E-state index in [0.29, 0.717) is 75.8 Å². The first-order chi connectivity index (χ1) is 43.0. The Kier molecular flexibility index (Phi) is 26.2. The summed E-state index contributed by atoms with van der Waals surface area (Å²) in [4.78, 5) is 55.3. The molecule has 0 heterocycles. The van der Waals surface area contributed by atoms with Crippen LogP contribution in [0.15, 0.2) is 25.3 Å². The largest absolute Gasteiger partial charge is 0.463 e. The summed E-state index contributed by atoms with van der Waals surface area (Å²) in [5.41, 5.74) is -3.02. The highest BCUT2D eigenvalue weighted by Gasteiger charge is 2.69. The van der Waals surface area contributed by atoms with Crippen LogP contribution in [0.5, 0.6) is 0 Å². The van der Waals surface area contributed by atoms with Gasteiger partial charge in [0.15, 0.2) is 12.2 Å². The van der Waals surface area contributed by atoms with Gasteiger partial charge in [0.2, 0.25) is 0 Å². The van der Waals surface area contributed by atoms with E-state index in [1.54, 1.807) is 0 Å². The molecule has 2 N–H and O–H groups in total. The maximum atomic E-state index is 16.1. The van der Waals surface area contributed by atoms with E-state index in [4.69, 9.17) is 28.4 Å². The molecule has 14 atom stereocenters. The minimum absolute atomic E-state index is 0.0528. The number of fused-ring (bicyclic) bond motifs is 4. The number of hydrogen-bond donors (Lipinski definition) is 2. The van der Waals surface area contributed by atoms with Crippen LogP contribution in [0.25, 0.3) is 0 Å². The van der Waals surface area contributed by atoms with Crippen molar-refractivity contribution in [3.63, 3.8) is 0 Å². The minimum Gasteiger partial charge on any atom is -0.463 e. The van der Waals surface area contributed by atoms with Crippen LogP contribution in [0.1, 0.15) is 283 Å². The average Bonchev–Trinajstić information content (AvgIpc) is 0.873. The number of carbonyl (C=O) groups excluding carboxylic acids is 4. The Hall–Kier alpha value is -2.80. The van der Waals surface area contributed by atoms with E-state index in [0.717, 1.165) is 180 Å². The Morgan fingerprint density at radius 1 is 0.352 bits per heavy atom. The second kappa shape index (κ2) is 33.9. The molecule has 0 amide bonds. The first-order valence-electron chi connectivity index (χ1n) is 37.7. The van der Waals surface area contributed by atoms with Crippen molar-refractivity contribution in [3.8, 4) is 0 Å². The van der Waals surface area contributed by atoms with Crippen LogP contribution in [0, 0.1) is 82.9 Å². The summed E-state index contributed by atoms with van der Waals surface area (Å²) in [6.45, 7) is 9.09. The molecule has 0 aromatic rings. The summed E-state index contributed by atoms with van der Waals surface area (Å²) in [6, 6.07) is 0. The Bertz CT molecular complexity index is 1950. The number of hydrogen-bond acceptors (Lipinski definition) is 12. The molecule has 10 rings (SSSR count). The van der Waals surface area contributed by atoms with Crippen molar-refractivity contribution in [1.29, 1.82) is 0 Å². The molecular weight excluding hydrogens is 1100 g/mol. The Labute approximate surface area is 532 Å². The zero-order valence-electron chi connectivity index (χ0n) is 54.9. The fourth-order valence-electron chi connectivity index (χ4n) is 21.7. The second-order valence-electron chi connectivity index (χ2n) is 30.7. The third-order valence-electron chi connectivity index (χ3n) is 26.0. The smallest absolute Gasteiger partial charge is 0.330 e. The highest BCUT2D eigenvalue weighted by Crippen LogP contribution is 2.62. The fraction of sp³-hybridized carbons (Fsp3) is 0.895. The molecule has 12 heteroatoms. The van der Waals surface area contributed by atoms with Crippen molar-refractivity contribution < 1.29 is 57.8 Å². The monoisotopic (exact) mass is 1230 g/mol. The highest BCUT2D eigenvalue weighted by molar-refractivity contribution is 5.81. The fourth-order valence-corrected chi connectivity index (χ4v) is 21.7. The standard InChI is InChI=1S/C76H122O12/c1-3-69(77)85-51-19-7-5-17-49-83-59-45-41-57(42-46-59)73(79)87-71(75(81,65-37-21-29-53-25-9-13-33-61(53)65)66-38-22-30-54-26-10-14-34-62(54)66)72(88-74(80)58-43-47-60(48-44-58)84-50-18-6-8-20-52-86-70(78)4-2)76(82,67-39-23-31-55-27-11-15-35-63(55)67)68-40-24-32-56-28-12-16-36-64(56)68/h3-4,53-68,71-72,81-82H,1-2,5-52H2. The van der Waals surface area contributed by atoms with Crippen LogP contribution < -0.4 is 0 Å². The van der Waals surface area contributed by atoms with Gasteiger partial charge in [-0.05, 0) is 212 Å². The average molecular weight is 1230 g/mol. The number of esters is 4. The molecule has 0 aliphatic heterocycles. The van der Waals surface area contributed by atoms with Gasteiger partial charge in [-0.25, -0.2) is 9.59 Å². The summed E-state index contributed by atoms with van der Waals surface area (Å²) >= 11 is 0. The predicted molar refractivity (Wildman–Crippen MR) is 343 cm³/mol. The van der Waals surface area contributed by atoms with E-state index in [1.807, 2.05) is 0 Å². The molecule has 0 spiro atoms. The van der Waals surface area contributed by atoms with Gasteiger partial charge >= 0.3 is 23.9 Å². The Morgan fingerprint density at radius 2 is 0.625 bits per heavy atom. The summed E-state index contributed by atoms with van der Waals surface area (Å²) in [7, 11) is 0. The van der Waals surface area contributed by atoms with Crippen molar-refractivity contribution in [3.05, 3.63) is 25.3 Å². The number of carbonyl (C=O) groups is 4. The summed E-state index contributed by atoms with van der Waals surface area (Å²) in [5, 5.41) is 31.4. The van der Waals surface area contributed by atoms with E-state index >= 15 is 19.8 Å². The molecule has 10 aliphatic rings. The van der Waals surface area contributed by atoms with E-state index < -0.39 is 23.4 Å². The maximum absolute atomic E-state index is 16.1. The van der Waals surface area contributed by atoms with Crippen molar-refractivity contribution >= 4 is 23.9 Å². The van der Waals surface area contributed by atoms with E-state index in [1.165, 1.54) is 89.2 Å². The lowest BCUT2D eigenvalue weighted by atomic mass is 9.48. The summed E-state index contributed by atoms with van der Waals surface area (Å²) < 4.78 is 38.9. The highest BCUT2D eigenvalue weighted by atomic mass is 16.6. The van der Waals surface area contributed by atoms with Gasteiger partial charge in [0.25, 0.3) is 0 Å². The van der Waals surface area contributed by atoms with E-state index in [2.05, 4.69) is 13.2 Å². The normalized spacial score (nSPS) is 36.3. The van der Waals surface area contributed by atoms with Gasteiger partial charge < -0.3 is 38.6 Å². The molecule has 0 radical (unpaired) electrons. The van der Waals surface area contributed by atoms with Gasteiger partial charge in [-0.3, -0.25) is 9.59 Å². The topological polar surface area (TPSA) is 164 Å². The van der Waals surface area contributed by atoms with Crippen LogP contribution in [-0.4, -0.2) is 96.1 Å². The third kappa shape index (κ3) is 16.8. The Morgan fingerprint density at radius 3 is 0.920 bits per heavy atom. The van der Waals surface area contributed by atoms with Gasteiger partial charge in [-0.2, -0.15) is 0 Å². The lowest BCUT2D eigenvalue weighted by Gasteiger charge is -2.62. The lowest BCUT2D eigenvalue weighted by molar-refractivity contribution is -0.289. The molecule has 14 unspecified atom stereocenters. The van der Waals surface area contributed by atoms with Crippen LogP contribution in [0.3, 0.4) is 0 Å². The number of unbranched alkanes of at least 4 members (excludes halogenated alkanes) is 6. The predicted octanol–water partition coefficient (Wildman–Crippen LogP) is 16.4. The first kappa shape index (κ1) is 68.1. The van der Waals surface area contributed by atoms with Crippen LogP contribution in [0.2, 0.25) is 0 Å².